The molecular formula is C21H19N3O6. The number of carbonyl (C=O) groups is 4. The summed E-state index contributed by atoms with van der Waals surface area (Å²) in [5, 5.41) is 4.90. The van der Waals surface area contributed by atoms with Crippen LogP contribution in [-0.2, 0) is 21.6 Å². The number of esters is 1. The van der Waals surface area contributed by atoms with Gasteiger partial charge in [-0.3, -0.25) is 14.9 Å². The van der Waals surface area contributed by atoms with E-state index in [-0.39, 0.29) is 12.5 Å². The predicted molar refractivity (Wildman–Crippen MR) is 104 cm³/mol. The summed E-state index contributed by atoms with van der Waals surface area (Å²) >= 11 is 0. The van der Waals surface area contributed by atoms with Gasteiger partial charge in [-0.2, -0.15) is 0 Å². The van der Waals surface area contributed by atoms with Crippen molar-refractivity contribution >= 4 is 23.8 Å². The first-order chi connectivity index (χ1) is 14.4. The van der Waals surface area contributed by atoms with E-state index >= 15 is 0 Å². The van der Waals surface area contributed by atoms with E-state index in [0.717, 1.165) is 5.56 Å². The molecule has 2 aliphatic rings. The second-order valence-corrected chi connectivity index (χ2v) is 7.07. The first kappa shape index (κ1) is 19.4. The van der Waals surface area contributed by atoms with Gasteiger partial charge < -0.3 is 19.7 Å². The Morgan fingerprint density at radius 1 is 1.10 bits per heavy atom. The van der Waals surface area contributed by atoms with Crippen molar-refractivity contribution in [2.45, 2.75) is 12.1 Å². The summed E-state index contributed by atoms with van der Waals surface area (Å²) in [7, 11) is 2.79. The number of hydrogen-bond donors (Lipinski definition) is 2. The van der Waals surface area contributed by atoms with Gasteiger partial charge in [0.05, 0.1) is 26.3 Å². The molecule has 0 aliphatic carbocycles. The minimum Gasteiger partial charge on any atom is -0.497 e. The van der Waals surface area contributed by atoms with E-state index in [0.29, 0.717) is 29.0 Å². The predicted octanol–water partition coefficient (Wildman–Crippen LogP) is 1.17. The topological polar surface area (TPSA) is 114 Å². The Hall–Kier alpha value is -3.88. The van der Waals surface area contributed by atoms with Crippen LogP contribution in [-0.4, -0.2) is 49.5 Å². The molecule has 4 rings (SSSR count). The second kappa shape index (κ2) is 7.18. The van der Waals surface area contributed by atoms with E-state index in [9.17, 15) is 19.2 Å². The molecule has 0 bridgehead atoms. The Balaban J connectivity index is 1.68. The standard InChI is InChI=1S/C21H19N3O6/c1-29-15-8-5-13-10-24(17(25)16(13)9-15)11-21(19(27)22-20(28)23-21)14-6-3-12(4-7-14)18(26)30-2/h3-9H,10-11H2,1-2H3,(H2,22,23,27,28)/t21-/m0/s1. The summed E-state index contributed by atoms with van der Waals surface area (Å²) in [6.07, 6.45) is 0. The zero-order valence-corrected chi connectivity index (χ0v) is 16.4. The molecule has 154 valence electrons. The number of amides is 4. The molecule has 2 aromatic carbocycles. The van der Waals surface area contributed by atoms with Crippen LogP contribution in [0.15, 0.2) is 42.5 Å². The zero-order chi connectivity index (χ0) is 21.5. The SMILES string of the molecule is COC(=O)c1ccc([C@]2(CN3Cc4ccc(OC)cc4C3=O)NC(=O)NC2=O)cc1. The first-order valence-electron chi connectivity index (χ1n) is 9.16. The highest BCUT2D eigenvalue weighted by atomic mass is 16.5. The lowest BCUT2D eigenvalue weighted by atomic mass is 9.88. The summed E-state index contributed by atoms with van der Waals surface area (Å²) < 4.78 is 9.88. The van der Waals surface area contributed by atoms with Gasteiger partial charge in [0.15, 0.2) is 5.54 Å². The van der Waals surface area contributed by atoms with Crippen LogP contribution in [0.2, 0.25) is 0 Å². The van der Waals surface area contributed by atoms with Crippen LogP contribution in [0.25, 0.3) is 0 Å². The molecule has 2 N–H and O–H groups in total. The number of imide groups is 1. The number of rotatable bonds is 5. The molecule has 9 nitrogen and oxygen atoms in total. The minimum atomic E-state index is -1.48. The number of nitrogens with one attached hydrogen (secondary N) is 2. The van der Waals surface area contributed by atoms with Crippen LogP contribution in [0.4, 0.5) is 4.79 Å². The fourth-order valence-corrected chi connectivity index (χ4v) is 3.79. The Labute approximate surface area is 171 Å². The second-order valence-electron chi connectivity index (χ2n) is 7.07. The molecule has 0 radical (unpaired) electrons. The molecule has 30 heavy (non-hydrogen) atoms. The van der Waals surface area contributed by atoms with Gasteiger partial charge in [-0.05, 0) is 35.4 Å². The Kier molecular flexibility index (Phi) is 4.65. The lowest BCUT2D eigenvalue weighted by Crippen LogP contribution is -2.52. The van der Waals surface area contributed by atoms with E-state index < -0.39 is 23.4 Å². The van der Waals surface area contributed by atoms with Gasteiger partial charge in [0.25, 0.3) is 11.8 Å². The number of benzene rings is 2. The lowest BCUT2D eigenvalue weighted by Gasteiger charge is -2.31. The lowest BCUT2D eigenvalue weighted by molar-refractivity contribution is -0.124. The van der Waals surface area contributed by atoms with Crippen molar-refractivity contribution in [3.05, 3.63) is 64.7 Å². The molecule has 0 aromatic heterocycles. The fraction of sp³-hybridized carbons (Fsp3) is 0.238. The average molecular weight is 409 g/mol. The van der Waals surface area contributed by atoms with Crippen molar-refractivity contribution in [1.82, 2.24) is 15.5 Å². The normalized spacial score (nSPS) is 19.9. The minimum absolute atomic E-state index is 0.0715. The Morgan fingerprint density at radius 3 is 2.43 bits per heavy atom. The molecule has 1 fully saturated rings. The summed E-state index contributed by atoms with van der Waals surface area (Å²) in [5.41, 5.74) is 0.572. The number of methoxy groups -OCH3 is 2. The van der Waals surface area contributed by atoms with Gasteiger partial charge in [-0.1, -0.05) is 18.2 Å². The number of urea groups is 1. The van der Waals surface area contributed by atoms with Crippen LogP contribution >= 0.6 is 0 Å². The molecule has 0 spiro atoms. The fourth-order valence-electron chi connectivity index (χ4n) is 3.79. The molecule has 0 unspecified atom stereocenters. The number of fused-ring (bicyclic) bond motifs is 1. The van der Waals surface area contributed by atoms with E-state index in [1.807, 2.05) is 0 Å². The first-order valence-corrected chi connectivity index (χ1v) is 9.16. The summed E-state index contributed by atoms with van der Waals surface area (Å²) in [6.45, 7) is 0.223. The molecule has 2 aromatic rings. The molecular weight excluding hydrogens is 390 g/mol. The molecule has 4 amide bonds. The number of carbonyl (C=O) groups excluding carboxylic acids is 4. The van der Waals surface area contributed by atoms with Crippen molar-refractivity contribution in [3.63, 3.8) is 0 Å². The maximum atomic E-state index is 13.0. The average Bonchev–Trinajstić information content (AvgIpc) is 3.22. The van der Waals surface area contributed by atoms with Gasteiger partial charge in [0.2, 0.25) is 0 Å². The van der Waals surface area contributed by atoms with Crippen LogP contribution in [0, 0.1) is 0 Å². The molecule has 2 aliphatic heterocycles. The van der Waals surface area contributed by atoms with Crippen molar-refractivity contribution in [2.24, 2.45) is 0 Å². The molecule has 0 saturated carbocycles. The highest BCUT2D eigenvalue weighted by Crippen LogP contribution is 2.32. The maximum absolute atomic E-state index is 13.0. The Bertz CT molecular complexity index is 1060. The molecule has 9 heteroatoms. The maximum Gasteiger partial charge on any atom is 0.337 e. The van der Waals surface area contributed by atoms with E-state index in [2.05, 4.69) is 10.6 Å². The highest BCUT2D eigenvalue weighted by Gasteiger charge is 2.50. The summed E-state index contributed by atoms with van der Waals surface area (Å²) in [6, 6.07) is 10.7. The zero-order valence-electron chi connectivity index (χ0n) is 16.4. The quantitative estimate of drug-likeness (QED) is 0.566. The molecule has 1 saturated heterocycles. The van der Waals surface area contributed by atoms with Crippen molar-refractivity contribution in [2.75, 3.05) is 20.8 Å². The van der Waals surface area contributed by atoms with Gasteiger partial charge in [-0.15, -0.1) is 0 Å². The summed E-state index contributed by atoms with van der Waals surface area (Å²) in [4.78, 5) is 51.0. The third-order valence-electron chi connectivity index (χ3n) is 5.36. The largest absolute Gasteiger partial charge is 0.497 e. The van der Waals surface area contributed by atoms with Crippen molar-refractivity contribution in [1.29, 1.82) is 0 Å². The highest BCUT2D eigenvalue weighted by molar-refractivity contribution is 6.08. The van der Waals surface area contributed by atoms with Gasteiger partial charge >= 0.3 is 12.0 Å². The van der Waals surface area contributed by atoms with Crippen LogP contribution in [0.1, 0.15) is 31.8 Å². The van der Waals surface area contributed by atoms with Crippen LogP contribution in [0.5, 0.6) is 5.75 Å². The Morgan fingerprint density at radius 2 is 1.83 bits per heavy atom. The molecule has 1 atom stereocenters. The third kappa shape index (κ3) is 3.04. The van der Waals surface area contributed by atoms with Gasteiger partial charge in [0, 0.05) is 12.1 Å². The smallest absolute Gasteiger partial charge is 0.337 e. The van der Waals surface area contributed by atoms with Crippen molar-refractivity contribution in [3.8, 4) is 5.75 Å². The van der Waals surface area contributed by atoms with E-state index in [4.69, 9.17) is 9.47 Å². The number of nitrogens with zero attached hydrogens (tertiary/aromatic N) is 1. The van der Waals surface area contributed by atoms with Gasteiger partial charge in [0.1, 0.15) is 5.75 Å². The van der Waals surface area contributed by atoms with E-state index in [1.54, 1.807) is 30.3 Å². The summed E-state index contributed by atoms with van der Waals surface area (Å²) in [5.74, 6) is -0.790. The number of ether oxygens (including phenoxy) is 2. The third-order valence-corrected chi connectivity index (χ3v) is 5.36. The van der Waals surface area contributed by atoms with E-state index in [1.165, 1.54) is 31.3 Å². The van der Waals surface area contributed by atoms with Crippen molar-refractivity contribution < 1.29 is 28.7 Å². The van der Waals surface area contributed by atoms with Crippen LogP contribution < -0.4 is 15.4 Å². The molecule has 2 heterocycles. The van der Waals surface area contributed by atoms with Crippen LogP contribution in [0.3, 0.4) is 0 Å². The number of hydrogen-bond acceptors (Lipinski definition) is 6. The monoisotopic (exact) mass is 409 g/mol. The van der Waals surface area contributed by atoms with Gasteiger partial charge in [-0.25, -0.2) is 9.59 Å².